The van der Waals surface area contributed by atoms with E-state index in [-0.39, 0.29) is 0 Å². The third kappa shape index (κ3) is 3.14. The van der Waals surface area contributed by atoms with Gasteiger partial charge < -0.3 is 4.74 Å². The van der Waals surface area contributed by atoms with Crippen LogP contribution in [0.5, 0.6) is 5.75 Å². The Balaban J connectivity index is 3.16. The first-order valence-electron chi connectivity index (χ1n) is 5.06. The van der Waals surface area contributed by atoms with Crippen LogP contribution in [0.3, 0.4) is 0 Å². The number of benzene rings is 1. The van der Waals surface area contributed by atoms with Gasteiger partial charge in [0.1, 0.15) is 5.75 Å². The van der Waals surface area contributed by atoms with Gasteiger partial charge >= 0.3 is 0 Å². The first-order chi connectivity index (χ1) is 8.13. The molecule has 0 saturated carbocycles. The molecule has 0 bridgehead atoms. The second kappa shape index (κ2) is 6.16. The fraction of sp³-hybridized carbons (Fsp3) is 0.333. The molecular weight excluding hydrogens is 234 g/mol. The maximum absolute atomic E-state index is 8.58. The van der Waals surface area contributed by atoms with E-state index in [2.05, 4.69) is 10.3 Å². The van der Waals surface area contributed by atoms with Gasteiger partial charge in [0.2, 0.25) is 0 Å². The smallest absolute Gasteiger partial charge is 0.183 e. The standard InChI is InChI=1S/C12H15N3OS/c1-8-9(2)11(16-3)6-5-10(8)15-12(17-4)14-7-13/h5-6H,1-4H3,(H,14,15). The molecule has 0 spiro atoms. The summed E-state index contributed by atoms with van der Waals surface area (Å²) in [5, 5.41) is 11.7. The largest absolute Gasteiger partial charge is 0.496 e. The van der Waals surface area contributed by atoms with Crippen molar-refractivity contribution in [2.45, 2.75) is 13.8 Å². The van der Waals surface area contributed by atoms with Crippen LogP contribution in [0.1, 0.15) is 11.1 Å². The first kappa shape index (κ1) is 13.4. The van der Waals surface area contributed by atoms with Gasteiger partial charge in [-0.05, 0) is 43.4 Å². The molecule has 1 N–H and O–H groups in total. The van der Waals surface area contributed by atoms with Crippen LogP contribution in [0.25, 0.3) is 0 Å². The van der Waals surface area contributed by atoms with Crippen molar-refractivity contribution in [3.05, 3.63) is 23.3 Å². The summed E-state index contributed by atoms with van der Waals surface area (Å²) in [5.41, 5.74) is 2.96. The van der Waals surface area contributed by atoms with Gasteiger partial charge in [-0.1, -0.05) is 11.8 Å². The molecule has 1 aromatic carbocycles. The zero-order valence-electron chi connectivity index (χ0n) is 10.4. The third-order valence-electron chi connectivity index (χ3n) is 2.51. The van der Waals surface area contributed by atoms with E-state index in [1.54, 1.807) is 7.11 Å². The first-order valence-corrected chi connectivity index (χ1v) is 6.28. The van der Waals surface area contributed by atoms with E-state index < -0.39 is 0 Å². The molecule has 1 rings (SSSR count). The summed E-state index contributed by atoms with van der Waals surface area (Å²) >= 11 is 1.40. The minimum Gasteiger partial charge on any atom is -0.496 e. The molecule has 0 radical (unpaired) electrons. The number of nitrogens with one attached hydrogen (secondary N) is 1. The monoisotopic (exact) mass is 249 g/mol. The topological polar surface area (TPSA) is 57.4 Å². The average Bonchev–Trinajstić information content (AvgIpc) is 2.34. The summed E-state index contributed by atoms with van der Waals surface area (Å²) in [6.45, 7) is 3.98. The second-order valence-corrected chi connectivity index (χ2v) is 4.19. The number of hydrogen-bond acceptors (Lipinski definition) is 4. The molecular formula is C12H15N3OS. The molecule has 0 fully saturated rings. The minimum atomic E-state index is 0.583. The summed E-state index contributed by atoms with van der Waals surface area (Å²) in [6.07, 6.45) is 3.74. The van der Waals surface area contributed by atoms with Gasteiger partial charge in [-0.3, -0.25) is 5.32 Å². The highest BCUT2D eigenvalue weighted by atomic mass is 32.2. The SMILES string of the molecule is COc1ccc(N=C(NC#N)SC)c(C)c1C. The number of nitriles is 1. The van der Waals surface area contributed by atoms with Crippen LogP contribution in [0.2, 0.25) is 0 Å². The third-order valence-corrected chi connectivity index (χ3v) is 3.09. The number of amidine groups is 1. The van der Waals surface area contributed by atoms with E-state index in [0.717, 1.165) is 22.6 Å². The van der Waals surface area contributed by atoms with Crippen LogP contribution in [0.4, 0.5) is 5.69 Å². The Morgan fingerprint density at radius 2 is 2.12 bits per heavy atom. The molecule has 5 heteroatoms. The number of methoxy groups -OCH3 is 1. The molecule has 0 aliphatic heterocycles. The highest BCUT2D eigenvalue weighted by Crippen LogP contribution is 2.29. The molecule has 0 aliphatic carbocycles. The summed E-state index contributed by atoms with van der Waals surface area (Å²) in [6, 6.07) is 3.77. The molecule has 1 aromatic rings. The van der Waals surface area contributed by atoms with Gasteiger partial charge in [0.25, 0.3) is 0 Å². The van der Waals surface area contributed by atoms with E-state index in [0.29, 0.717) is 5.17 Å². The lowest BCUT2D eigenvalue weighted by atomic mass is 10.1. The Kier molecular flexibility index (Phi) is 4.85. The van der Waals surface area contributed by atoms with Gasteiger partial charge in [0.15, 0.2) is 11.4 Å². The molecule has 0 saturated heterocycles. The lowest BCUT2D eigenvalue weighted by Crippen LogP contribution is -2.12. The van der Waals surface area contributed by atoms with Crippen molar-refractivity contribution in [3.8, 4) is 11.9 Å². The predicted molar refractivity (Wildman–Crippen MR) is 71.8 cm³/mol. The van der Waals surface area contributed by atoms with Gasteiger partial charge in [-0.15, -0.1) is 0 Å². The fourth-order valence-corrected chi connectivity index (χ4v) is 1.74. The highest BCUT2D eigenvalue weighted by molar-refractivity contribution is 8.13. The molecule has 0 unspecified atom stereocenters. The molecule has 17 heavy (non-hydrogen) atoms. The number of aliphatic imine (C=N–C) groups is 1. The highest BCUT2D eigenvalue weighted by Gasteiger charge is 2.06. The van der Waals surface area contributed by atoms with Crippen molar-refractivity contribution in [3.63, 3.8) is 0 Å². The van der Waals surface area contributed by atoms with Gasteiger partial charge in [-0.25, -0.2) is 4.99 Å². The Labute approximate surface area is 106 Å². The maximum atomic E-state index is 8.58. The van der Waals surface area contributed by atoms with Crippen LogP contribution in [0, 0.1) is 25.3 Å². The van der Waals surface area contributed by atoms with Crippen LogP contribution in [0.15, 0.2) is 17.1 Å². The van der Waals surface area contributed by atoms with E-state index in [9.17, 15) is 0 Å². The number of ether oxygens (including phenoxy) is 1. The Bertz CT molecular complexity index is 477. The summed E-state index contributed by atoms with van der Waals surface area (Å²) in [7, 11) is 1.65. The van der Waals surface area contributed by atoms with Crippen LogP contribution in [-0.4, -0.2) is 18.5 Å². The predicted octanol–water partition coefficient (Wildman–Crippen LogP) is 2.73. The Morgan fingerprint density at radius 3 is 2.65 bits per heavy atom. The van der Waals surface area contributed by atoms with E-state index in [1.807, 2.05) is 38.4 Å². The van der Waals surface area contributed by atoms with Crippen molar-refractivity contribution in [1.82, 2.24) is 5.32 Å². The normalized spacial score (nSPS) is 10.9. The number of rotatable bonds is 2. The van der Waals surface area contributed by atoms with Gasteiger partial charge in [0, 0.05) is 0 Å². The van der Waals surface area contributed by atoms with Crippen LogP contribution < -0.4 is 10.1 Å². The number of thioether (sulfide) groups is 1. The zero-order valence-corrected chi connectivity index (χ0v) is 11.2. The maximum Gasteiger partial charge on any atom is 0.183 e. The van der Waals surface area contributed by atoms with Crippen molar-refractivity contribution < 1.29 is 4.74 Å². The second-order valence-electron chi connectivity index (χ2n) is 3.39. The number of nitrogens with zero attached hydrogens (tertiary/aromatic N) is 2. The molecule has 0 aliphatic rings. The summed E-state index contributed by atoms with van der Waals surface area (Å²) in [5.74, 6) is 0.848. The van der Waals surface area contributed by atoms with E-state index in [4.69, 9.17) is 10.00 Å². The number of hydrogen-bond donors (Lipinski definition) is 1. The van der Waals surface area contributed by atoms with Crippen LogP contribution >= 0.6 is 11.8 Å². The van der Waals surface area contributed by atoms with Crippen molar-refractivity contribution in [2.75, 3.05) is 13.4 Å². The Morgan fingerprint density at radius 1 is 1.41 bits per heavy atom. The Hall–Kier alpha value is -1.67. The van der Waals surface area contributed by atoms with Crippen molar-refractivity contribution in [1.29, 1.82) is 5.26 Å². The molecule has 0 aromatic heterocycles. The summed E-state index contributed by atoms with van der Waals surface area (Å²) < 4.78 is 5.24. The van der Waals surface area contributed by atoms with Gasteiger partial charge in [0.05, 0.1) is 12.8 Å². The molecule has 0 atom stereocenters. The van der Waals surface area contributed by atoms with Crippen LogP contribution in [-0.2, 0) is 0 Å². The molecule has 90 valence electrons. The molecule has 4 nitrogen and oxygen atoms in total. The van der Waals surface area contributed by atoms with E-state index in [1.165, 1.54) is 11.8 Å². The lowest BCUT2D eigenvalue weighted by molar-refractivity contribution is 0.411. The van der Waals surface area contributed by atoms with Crippen molar-refractivity contribution >= 4 is 22.6 Å². The molecule has 0 heterocycles. The lowest BCUT2D eigenvalue weighted by Gasteiger charge is -2.10. The molecule has 0 amide bonds. The van der Waals surface area contributed by atoms with E-state index >= 15 is 0 Å². The van der Waals surface area contributed by atoms with Gasteiger partial charge in [-0.2, -0.15) is 5.26 Å². The zero-order chi connectivity index (χ0) is 12.8. The summed E-state index contributed by atoms with van der Waals surface area (Å²) in [4.78, 5) is 4.39. The minimum absolute atomic E-state index is 0.583. The quantitative estimate of drug-likeness (QED) is 0.379. The fourth-order valence-electron chi connectivity index (χ4n) is 1.41. The average molecular weight is 249 g/mol. The van der Waals surface area contributed by atoms with Crippen molar-refractivity contribution in [2.24, 2.45) is 4.99 Å².